The average molecular weight is 282 g/mol. The predicted molar refractivity (Wildman–Crippen MR) is 86.8 cm³/mol. The zero-order valence-corrected chi connectivity index (χ0v) is 14.4. The van der Waals surface area contributed by atoms with E-state index in [1.54, 1.807) is 0 Å². The maximum Gasteiger partial charge on any atom is 0.0302 e. The zero-order valence-electron chi connectivity index (χ0n) is 13.6. The molecule has 1 rings (SSSR count). The Balaban J connectivity index is 2.63. The highest BCUT2D eigenvalue weighted by molar-refractivity contribution is 7.12. The van der Waals surface area contributed by atoms with Crippen molar-refractivity contribution in [2.45, 2.75) is 66.7 Å². The normalized spacial score (nSPS) is 13.8. The minimum atomic E-state index is 0.550. The van der Waals surface area contributed by atoms with Gasteiger partial charge in [0, 0.05) is 34.9 Å². The molecule has 1 N–H and O–H groups in total. The number of aryl methyl sites for hydroxylation is 1. The van der Waals surface area contributed by atoms with Gasteiger partial charge in [0.05, 0.1) is 0 Å². The van der Waals surface area contributed by atoms with Crippen molar-refractivity contribution >= 4 is 11.3 Å². The Bertz CT molecular complexity index is 382. The van der Waals surface area contributed by atoms with Crippen LogP contribution in [-0.2, 0) is 13.1 Å². The van der Waals surface area contributed by atoms with Crippen molar-refractivity contribution in [3.8, 4) is 0 Å². The third kappa shape index (κ3) is 5.25. The lowest BCUT2D eigenvalue weighted by atomic mass is 10.0. The molecule has 19 heavy (non-hydrogen) atoms. The first-order valence-corrected chi connectivity index (χ1v) is 8.14. The van der Waals surface area contributed by atoms with Gasteiger partial charge in [0.25, 0.3) is 0 Å². The Morgan fingerprint density at radius 2 is 1.84 bits per heavy atom. The molecule has 0 amide bonds. The lowest BCUT2D eigenvalue weighted by Gasteiger charge is -2.27. The predicted octanol–water partition coefficient (Wildman–Crippen LogP) is 4.03. The van der Waals surface area contributed by atoms with Gasteiger partial charge in [-0.1, -0.05) is 27.7 Å². The van der Waals surface area contributed by atoms with Gasteiger partial charge in [0.1, 0.15) is 0 Å². The van der Waals surface area contributed by atoms with E-state index in [2.05, 4.69) is 64.9 Å². The van der Waals surface area contributed by atoms with Gasteiger partial charge in [0.15, 0.2) is 0 Å². The van der Waals surface area contributed by atoms with Crippen molar-refractivity contribution in [1.82, 2.24) is 10.2 Å². The quantitative estimate of drug-likeness (QED) is 0.812. The second-order valence-electron chi connectivity index (χ2n) is 6.23. The molecule has 1 aromatic rings. The van der Waals surface area contributed by atoms with Crippen molar-refractivity contribution in [1.29, 1.82) is 0 Å². The topological polar surface area (TPSA) is 15.3 Å². The molecule has 1 aromatic heterocycles. The first kappa shape index (κ1) is 16.7. The van der Waals surface area contributed by atoms with E-state index < -0.39 is 0 Å². The second-order valence-corrected chi connectivity index (χ2v) is 7.57. The molecular weight excluding hydrogens is 252 g/mol. The third-order valence-corrected chi connectivity index (χ3v) is 4.93. The summed E-state index contributed by atoms with van der Waals surface area (Å²) in [6, 6.07) is 3.55. The lowest BCUT2D eigenvalue weighted by Crippen LogP contribution is -2.32. The van der Waals surface area contributed by atoms with Gasteiger partial charge >= 0.3 is 0 Å². The van der Waals surface area contributed by atoms with Crippen LogP contribution in [0.25, 0.3) is 0 Å². The van der Waals surface area contributed by atoms with Crippen LogP contribution in [0.5, 0.6) is 0 Å². The minimum Gasteiger partial charge on any atom is -0.310 e. The monoisotopic (exact) mass is 282 g/mol. The van der Waals surface area contributed by atoms with E-state index in [9.17, 15) is 0 Å². The summed E-state index contributed by atoms with van der Waals surface area (Å²) in [5.74, 6) is 0.700. The van der Waals surface area contributed by atoms with E-state index in [0.29, 0.717) is 18.0 Å². The molecule has 0 saturated heterocycles. The SMILES string of the molecule is Cc1sc(CNC(C)C)cc1CN(C)C(C)C(C)C. The van der Waals surface area contributed by atoms with Crippen LogP contribution in [0, 0.1) is 12.8 Å². The molecule has 3 heteroatoms. The molecule has 0 aliphatic heterocycles. The maximum absolute atomic E-state index is 3.49. The highest BCUT2D eigenvalue weighted by Gasteiger charge is 2.15. The fraction of sp³-hybridized carbons (Fsp3) is 0.750. The van der Waals surface area contributed by atoms with Crippen molar-refractivity contribution < 1.29 is 0 Å². The van der Waals surface area contributed by atoms with Gasteiger partial charge in [-0.2, -0.15) is 0 Å². The number of hydrogen-bond acceptors (Lipinski definition) is 3. The molecule has 1 atom stereocenters. The van der Waals surface area contributed by atoms with Gasteiger partial charge in [0.2, 0.25) is 0 Å². The van der Waals surface area contributed by atoms with E-state index in [4.69, 9.17) is 0 Å². The Kier molecular flexibility index (Phi) is 6.51. The van der Waals surface area contributed by atoms with Gasteiger partial charge in [-0.3, -0.25) is 4.90 Å². The van der Waals surface area contributed by atoms with E-state index in [0.717, 1.165) is 13.1 Å². The smallest absolute Gasteiger partial charge is 0.0302 e. The fourth-order valence-electron chi connectivity index (χ4n) is 2.06. The Morgan fingerprint density at radius 1 is 1.21 bits per heavy atom. The molecule has 110 valence electrons. The molecule has 0 fully saturated rings. The Hall–Kier alpha value is -0.380. The highest BCUT2D eigenvalue weighted by atomic mass is 32.1. The van der Waals surface area contributed by atoms with Crippen molar-refractivity contribution in [2.24, 2.45) is 5.92 Å². The molecule has 2 nitrogen and oxygen atoms in total. The highest BCUT2D eigenvalue weighted by Crippen LogP contribution is 2.24. The van der Waals surface area contributed by atoms with Gasteiger partial charge in [-0.25, -0.2) is 0 Å². The second kappa shape index (κ2) is 7.41. The average Bonchev–Trinajstić information content (AvgIpc) is 2.66. The van der Waals surface area contributed by atoms with Crippen LogP contribution >= 0.6 is 11.3 Å². The largest absolute Gasteiger partial charge is 0.310 e. The molecule has 1 heterocycles. The first-order valence-electron chi connectivity index (χ1n) is 7.33. The van der Waals surface area contributed by atoms with Crippen molar-refractivity contribution in [2.75, 3.05) is 7.05 Å². The summed E-state index contributed by atoms with van der Waals surface area (Å²) in [5, 5.41) is 3.49. The number of hydrogen-bond donors (Lipinski definition) is 1. The van der Waals surface area contributed by atoms with E-state index in [1.807, 2.05) is 11.3 Å². The molecule has 1 unspecified atom stereocenters. The van der Waals surface area contributed by atoms with Crippen LogP contribution in [-0.4, -0.2) is 24.0 Å². The van der Waals surface area contributed by atoms with Crippen molar-refractivity contribution in [3.63, 3.8) is 0 Å². The summed E-state index contributed by atoms with van der Waals surface area (Å²) >= 11 is 1.93. The lowest BCUT2D eigenvalue weighted by molar-refractivity contribution is 0.200. The number of nitrogens with zero attached hydrogens (tertiary/aromatic N) is 1. The molecule has 0 saturated carbocycles. The van der Waals surface area contributed by atoms with Gasteiger partial charge in [-0.15, -0.1) is 11.3 Å². The van der Waals surface area contributed by atoms with Crippen LogP contribution in [0.15, 0.2) is 6.07 Å². The summed E-state index contributed by atoms with van der Waals surface area (Å²) in [6.45, 7) is 15.6. The van der Waals surface area contributed by atoms with E-state index in [-0.39, 0.29) is 0 Å². The molecule has 0 aliphatic rings. The van der Waals surface area contributed by atoms with Crippen LogP contribution < -0.4 is 5.32 Å². The fourth-order valence-corrected chi connectivity index (χ4v) is 3.06. The number of thiophene rings is 1. The molecule has 0 bridgehead atoms. The summed E-state index contributed by atoms with van der Waals surface area (Å²) in [4.78, 5) is 5.37. The molecular formula is C16H30N2S. The standard InChI is InChI=1S/C16H30N2S/c1-11(2)13(5)18(7)10-15-8-16(19-14(15)6)9-17-12(3)4/h8,11-13,17H,9-10H2,1-7H3. The van der Waals surface area contributed by atoms with Gasteiger partial charge in [-0.05, 0) is 38.4 Å². The zero-order chi connectivity index (χ0) is 14.6. The van der Waals surface area contributed by atoms with Crippen molar-refractivity contribution in [3.05, 3.63) is 21.4 Å². The van der Waals surface area contributed by atoms with E-state index >= 15 is 0 Å². The van der Waals surface area contributed by atoms with Crippen LogP contribution in [0.4, 0.5) is 0 Å². The summed E-state index contributed by atoms with van der Waals surface area (Å²) in [6.07, 6.45) is 0. The first-order chi connectivity index (χ1) is 8.81. The Labute approximate surface area is 123 Å². The molecule has 0 radical (unpaired) electrons. The third-order valence-electron chi connectivity index (χ3n) is 3.84. The van der Waals surface area contributed by atoms with Crippen LogP contribution in [0.3, 0.4) is 0 Å². The van der Waals surface area contributed by atoms with Gasteiger partial charge < -0.3 is 5.32 Å². The molecule has 0 spiro atoms. The summed E-state index contributed by atoms with van der Waals surface area (Å²) in [5.41, 5.74) is 1.49. The molecule has 0 aliphatic carbocycles. The van der Waals surface area contributed by atoms with Crippen LogP contribution in [0.1, 0.15) is 49.9 Å². The summed E-state index contributed by atoms with van der Waals surface area (Å²) < 4.78 is 0. The number of nitrogens with one attached hydrogen (secondary N) is 1. The van der Waals surface area contributed by atoms with E-state index in [1.165, 1.54) is 15.3 Å². The minimum absolute atomic E-state index is 0.550. The maximum atomic E-state index is 3.49. The summed E-state index contributed by atoms with van der Waals surface area (Å²) in [7, 11) is 2.23. The Morgan fingerprint density at radius 3 is 2.37 bits per heavy atom. The van der Waals surface area contributed by atoms with Crippen LogP contribution in [0.2, 0.25) is 0 Å². The number of rotatable bonds is 7. The molecule has 0 aromatic carbocycles.